The Morgan fingerprint density at radius 3 is 2.36 bits per heavy atom. The van der Waals surface area contributed by atoms with Gasteiger partial charge in [0.15, 0.2) is 0 Å². The summed E-state index contributed by atoms with van der Waals surface area (Å²) in [4.78, 5) is 12.2. The number of aliphatic hydroxyl groups is 1. The number of ether oxygens (including phenoxy) is 2. The van der Waals surface area contributed by atoms with Gasteiger partial charge in [-0.3, -0.25) is 4.79 Å². The molecule has 0 aliphatic carbocycles. The highest BCUT2D eigenvalue weighted by atomic mass is 32.2. The first-order chi connectivity index (χ1) is 11.9. The molecule has 8 heteroatoms. The third kappa shape index (κ3) is 3.31. The monoisotopic (exact) mass is 363 g/mol. The molecule has 0 radical (unpaired) electrons. The van der Waals surface area contributed by atoms with Crippen LogP contribution in [0.3, 0.4) is 0 Å². The van der Waals surface area contributed by atoms with Gasteiger partial charge in [-0.15, -0.1) is 0 Å². The summed E-state index contributed by atoms with van der Waals surface area (Å²) in [6, 6.07) is 12.7. The van der Waals surface area contributed by atoms with Crippen molar-refractivity contribution in [3.8, 4) is 11.5 Å². The fraction of sp³-hybridized carbons (Fsp3) is 0.235. The summed E-state index contributed by atoms with van der Waals surface area (Å²) in [6.45, 7) is -0.520. The Morgan fingerprint density at radius 1 is 1.08 bits per heavy atom. The highest BCUT2D eigenvalue weighted by Gasteiger charge is 2.41. The van der Waals surface area contributed by atoms with Gasteiger partial charge in [0.05, 0.1) is 19.2 Å². The second-order valence-corrected chi connectivity index (χ2v) is 7.31. The number of carbonyl (C=O) groups is 1. The molecule has 132 valence electrons. The molecule has 7 nitrogen and oxygen atoms in total. The molecule has 0 unspecified atom stereocenters. The number of β-amino-alcohol motifs (C(OH)–C–C–N with tert-alkyl or cyclic N) is 1. The molecular weight excluding hydrogens is 346 g/mol. The average molecular weight is 363 g/mol. The minimum absolute atomic E-state index is 0.0386. The molecule has 0 bridgehead atoms. The number of hydrogen-bond donors (Lipinski definition) is 1. The van der Waals surface area contributed by atoms with Crippen molar-refractivity contribution in [1.82, 2.24) is 4.31 Å². The zero-order valence-corrected chi connectivity index (χ0v) is 14.3. The third-order valence-electron chi connectivity index (χ3n) is 3.79. The van der Waals surface area contributed by atoms with E-state index in [4.69, 9.17) is 9.47 Å². The zero-order valence-electron chi connectivity index (χ0n) is 13.5. The van der Waals surface area contributed by atoms with Gasteiger partial charge in [0, 0.05) is 0 Å². The summed E-state index contributed by atoms with van der Waals surface area (Å²) in [5.74, 6) is 0.525. The van der Waals surface area contributed by atoms with Crippen molar-refractivity contribution in [2.24, 2.45) is 0 Å². The molecule has 1 aliphatic rings. The Bertz CT molecular complexity index is 878. The average Bonchev–Trinajstić information content (AvgIpc) is 2.82. The maximum Gasteiger partial charge on any atom is 0.269 e. The van der Waals surface area contributed by atoms with E-state index >= 15 is 0 Å². The van der Waals surface area contributed by atoms with Crippen molar-refractivity contribution in [1.29, 1.82) is 0 Å². The van der Waals surface area contributed by atoms with E-state index in [0.717, 1.165) is 0 Å². The predicted octanol–water partition coefficient (Wildman–Crippen LogP) is 1.28. The Kier molecular flexibility index (Phi) is 4.65. The van der Waals surface area contributed by atoms with E-state index in [0.29, 0.717) is 15.8 Å². The lowest BCUT2D eigenvalue weighted by Crippen LogP contribution is -2.39. The summed E-state index contributed by atoms with van der Waals surface area (Å²) in [7, 11) is -2.38. The van der Waals surface area contributed by atoms with E-state index in [1.807, 2.05) is 0 Å². The lowest BCUT2D eigenvalue weighted by atomic mass is 10.2. The number of nitrogens with zero attached hydrogens (tertiary/aromatic N) is 1. The van der Waals surface area contributed by atoms with Crippen LogP contribution in [0.4, 0.5) is 0 Å². The lowest BCUT2D eigenvalue weighted by Gasteiger charge is -2.19. The fourth-order valence-corrected chi connectivity index (χ4v) is 4.13. The van der Waals surface area contributed by atoms with Crippen molar-refractivity contribution in [3.05, 3.63) is 54.1 Å². The number of rotatable bonds is 6. The van der Waals surface area contributed by atoms with Crippen molar-refractivity contribution in [2.45, 2.75) is 11.0 Å². The molecule has 25 heavy (non-hydrogen) atoms. The number of methoxy groups -OCH3 is 1. The molecule has 0 saturated heterocycles. The summed E-state index contributed by atoms with van der Waals surface area (Å²) >= 11 is 0. The zero-order chi connectivity index (χ0) is 18.0. The second kappa shape index (κ2) is 6.73. The van der Waals surface area contributed by atoms with E-state index in [1.165, 1.54) is 12.1 Å². The second-order valence-electron chi connectivity index (χ2n) is 5.48. The van der Waals surface area contributed by atoms with Crippen molar-refractivity contribution in [2.75, 3.05) is 20.3 Å². The normalized spacial score (nSPS) is 16.4. The Labute approximate surface area is 145 Å². The van der Waals surface area contributed by atoms with Gasteiger partial charge in [0.1, 0.15) is 29.1 Å². The van der Waals surface area contributed by atoms with Crippen LogP contribution in [0.2, 0.25) is 0 Å². The Hall–Kier alpha value is -2.58. The number of carbonyl (C=O) groups excluding carboxylic acids is 1. The van der Waals surface area contributed by atoms with Gasteiger partial charge in [-0.05, 0) is 36.4 Å². The van der Waals surface area contributed by atoms with Gasteiger partial charge in [0.25, 0.3) is 15.9 Å². The molecule has 2 aromatic carbocycles. The number of fused-ring (bicyclic) bond motifs is 1. The van der Waals surface area contributed by atoms with Crippen LogP contribution in [0.25, 0.3) is 0 Å². The highest BCUT2D eigenvalue weighted by Crippen LogP contribution is 2.30. The third-order valence-corrected chi connectivity index (χ3v) is 5.60. The van der Waals surface area contributed by atoms with E-state index < -0.39 is 22.0 Å². The molecule has 0 fully saturated rings. The summed E-state index contributed by atoms with van der Waals surface area (Å²) in [6.07, 6.45) is -1.16. The predicted molar refractivity (Wildman–Crippen MR) is 89.2 cm³/mol. The maximum atomic E-state index is 12.4. The van der Waals surface area contributed by atoms with E-state index in [-0.39, 0.29) is 23.6 Å². The van der Waals surface area contributed by atoms with Gasteiger partial charge in [0.2, 0.25) is 0 Å². The van der Waals surface area contributed by atoms with Crippen molar-refractivity contribution >= 4 is 15.9 Å². The van der Waals surface area contributed by atoms with Crippen molar-refractivity contribution in [3.63, 3.8) is 0 Å². The van der Waals surface area contributed by atoms with Gasteiger partial charge < -0.3 is 14.6 Å². The first kappa shape index (κ1) is 17.2. The van der Waals surface area contributed by atoms with Crippen LogP contribution >= 0.6 is 0 Å². The quantitative estimate of drug-likeness (QED) is 0.831. The van der Waals surface area contributed by atoms with Gasteiger partial charge in [-0.1, -0.05) is 12.1 Å². The summed E-state index contributed by atoms with van der Waals surface area (Å²) in [5.41, 5.74) is 0.116. The van der Waals surface area contributed by atoms with Crippen molar-refractivity contribution < 1.29 is 27.8 Å². The van der Waals surface area contributed by atoms with Crippen LogP contribution in [0, 0.1) is 0 Å². The minimum Gasteiger partial charge on any atom is -0.497 e. The number of aliphatic hydroxyl groups excluding tert-OH is 1. The molecular formula is C17H17NO6S. The van der Waals surface area contributed by atoms with E-state index in [2.05, 4.69) is 0 Å². The summed E-state index contributed by atoms with van der Waals surface area (Å²) < 4.78 is 36.0. The molecule has 0 aromatic heterocycles. The maximum absolute atomic E-state index is 12.4. The minimum atomic E-state index is -3.93. The molecule has 1 amide bonds. The molecule has 1 atom stereocenters. The molecule has 3 rings (SSSR count). The first-order valence-corrected chi connectivity index (χ1v) is 8.98. The number of sulfonamides is 1. The van der Waals surface area contributed by atoms with E-state index in [9.17, 15) is 18.3 Å². The van der Waals surface area contributed by atoms with Crippen LogP contribution in [-0.2, 0) is 10.0 Å². The topological polar surface area (TPSA) is 93.1 Å². The van der Waals surface area contributed by atoms with Gasteiger partial charge >= 0.3 is 0 Å². The fourth-order valence-electron chi connectivity index (χ4n) is 2.52. The smallest absolute Gasteiger partial charge is 0.269 e. The molecule has 1 heterocycles. The van der Waals surface area contributed by atoms with E-state index in [1.54, 1.807) is 43.5 Å². The SMILES string of the molecule is COc1ccc(OC[C@H](O)CN2C(=O)c3ccccc3S2(=O)=O)cc1. The Morgan fingerprint density at radius 2 is 1.72 bits per heavy atom. The van der Waals surface area contributed by atoms with Gasteiger partial charge in [-0.25, -0.2) is 12.7 Å². The van der Waals surface area contributed by atoms with Gasteiger partial charge in [-0.2, -0.15) is 0 Å². The molecule has 2 aromatic rings. The number of hydrogen-bond acceptors (Lipinski definition) is 6. The first-order valence-electron chi connectivity index (χ1n) is 7.54. The molecule has 0 spiro atoms. The number of amides is 1. The lowest BCUT2D eigenvalue weighted by molar-refractivity contribution is 0.0687. The number of benzene rings is 2. The van der Waals surface area contributed by atoms with Crippen LogP contribution in [0.1, 0.15) is 10.4 Å². The van der Waals surface area contributed by atoms with Crippen LogP contribution in [0.5, 0.6) is 11.5 Å². The molecule has 1 N–H and O–H groups in total. The van der Waals surface area contributed by atoms with Crippen LogP contribution in [-0.4, -0.2) is 50.1 Å². The molecule has 0 saturated carbocycles. The standard InChI is InChI=1S/C17H17NO6S/c1-23-13-6-8-14(9-7-13)24-11-12(19)10-18-17(20)15-4-2-3-5-16(15)25(18,21)22/h2-9,12,19H,10-11H2,1H3/t12-/m1/s1. The largest absolute Gasteiger partial charge is 0.497 e. The summed E-state index contributed by atoms with van der Waals surface area (Å²) in [5, 5.41) is 10.1. The molecule has 1 aliphatic heterocycles. The Balaban J connectivity index is 1.65. The van der Waals surface area contributed by atoms with Crippen LogP contribution < -0.4 is 9.47 Å². The highest BCUT2D eigenvalue weighted by molar-refractivity contribution is 7.90. The van der Waals surface area contributed by atoms with Crippen LogP contribution in [0.15, 0.2) is 53.4 Å².